The third-order valence-corrected chi connectivity index (χ3v) is 4.20. The Balaban J connectivity index is 2.20. The number of hydrogen-bond acceptors (Lipinski definition) is 6. The van der Waals surface area contributed by atoms with Crippen LogP contribution in [0.1, 0.15) is 17.0 Å². The SMILES string of the molecule is COc1c(/C(O)=C/C(C(=C=N)C#N)c2ccccc2)c(O)cc2occc12. The molecule has 0 bridgehead atoms. The molecule has 27 heavy (non-hydrogen) atoms. The van der Waals surface area contributed by atoms with Gasteiger partial charge in [-0.3, -0.25) is 5.41 Å². The molecule has 134 valence electrons. The van der Waals surface area contributed by atoms with Gasteiger partial charge in [-0.2, -0.15) is 5.26 Å². The van der Waals surface area contributed by atoms with Crippen molar-refractivity contribution in [2.45, 2.75) is 5.92 Å². The van der Waals surface area contributed by atoms with Crippen molar-refractivity contribution in [2.24, 2.45) is 0 Å². The lowest BCUT2D eigenvalue weighted by atomic mass is 9.90. The number of nitriles is 1. The van der Waals surface area contributed by atoms with Gasteiger partial charge >= 0.3 is 0 Å². The van der Waals surface area contributed by atoms with Gasteiger partial charge in [0, 0.05) is 12.0 Å². The molecule has 1 heterocycles. The second kappa shape index (κ2) is 7.52. The largest absolute Gasteiger partial charge is 0.507 e. The first-order valence-electron chi connectivity index (χ1n) is 8.03. The summed E-state index contributed by atoms with van der Waals surface area (Å²) in [6.07, 6.45) is 2.84. The van der Waals surface area contributed by atoms with Gasteiger partial charge < -0.3 is 19.4 Å². The maximum atomic E-state index is 10.8. The van der Waals surface area contributed by atoms with Crippen molar-refractivity contribution < 1.29 is 19.4 Å². The van der Waals surface area contributed by atoms with E-state index >= 15 is 0 Å². The van der Waals surface area contributed by atoms with Crippen LogP contribution >= 0.6 is 0 Å². The van der Waals surface area contributed by atoms with Gasteiger partial charge in [-0.15, -0.1) is 0 Å². The predicted octanol–water partition coefficient (Wildman–Crippen LogP) is 4.53. The summed E-state index contributed by atoms with van der Waals surface area (Å²) in [6.45, 7) is 0. The molecule has 1 unspecified atom stereocenters. The first-order chi connectivity index (χ1) is 13.1. The van der Waals surface area contributed by atoms with E-state index in [9.17, 15) is 15.5 Å². The normalized spacial score (nSPS) is 12.2. The number of nitrogens with one attached hydrogen (secondary N) is 1. The van der Waals surface area contributed by atoms with Gasteiger partial charge in [0.25, 0.3) is 0 Å². The highest BCUT2D eigenvalue weighted by atomic mass is 16.5. The fourth-order valence-electron chi connectivity index (χ4n) is 2.95. The van der Waals surface area contributed by atoms with Gasteiger partial charge in [-0.25, -0.2) is 0 Å². The molecule has 0 aliphatic heterocycles. The van der Waals surface area contributed by atoms with E-state index in [0.717, 1.165) is 0 Å². The Hall–Kier alpha value is -3.94. The fourth-order valence-corrected chi connectivity index (χ4v) is 2.95. The van der Waals surface area contributed by atoms with Crippen LogP contribution in [0.25, 0.3) is 16.7 Å². The van der Waals surface area contributed by atoms with Crippen LogP contribution in [-0.4, -0.2) is 23.2 Å². The van der Waals surface area contributed by atoms with E-state index in [0.29, 0.717) is 16.5 Å². The average molecular weight is 360 g/mol. The van der Waals surface area contributed by atoms with Crippen LogP contribution in [0.3, 0.4) is 0 Å². The Labute approximate surface area is 155 Å². The van der Waals surface area contributed by atoms with Gasteiger partial charge in [-0.1, -0.05) is 30.3 Å². The molecule has 1 atom stereocenters. The monoisotopic (exact) mass is 360 g/mol. The number of methoxy groups -OCH3 is 1. The number of aliphatic hydroxyl groups excluding tert-OH is 1. The zero-order valence-corrected chi connectivity index (χ0v) is 14.4. The first kappa shape index (κ1) is 17.9. The second-order valence-corrected chi connectivity index (χ2v) is 5.73. The summed E-state index contributed by atoms with van der Waals surface area (Å²) < 4.78 is 10.7. The maximum absolute atomic E-state index is 10.8. The molecule has 2 aromatic carbocycles. The van der Waals surface area contributed by atoms with Crippen LogP contribution in [0, 0.1) is 16.7 Å². The molecule has 3 aromatic rings. The van der Waals surface area contributed by atoms with Crippen molar-refractivity contribution in [3.63, 3.8) is 0 Å². The van der Waals surface area contributed by atoms with Crippen molar-refractivity contribution in [2.75, 3.05) is 7.11 Å². The zero-order valence-electron chi connectivity index (χ0n) is 14.4. The number of rotatable bonds is 5. The summed E-state index contributed by atoms with van der Waals surface area (Å²) in [5.74, 6) is 1.14. The molecule has 0 aliphatic rings. The summed E-state index contributed by atoms with van der Waals surface area (Å²) in [7, 11) is 1.42. The highest BCUT2D eigenvalue weighted by molar-refractivity contribution is 5.92. The molecule has 0 radical (unpaired) electrons. The highest BCUT2D eigenvalue weighted by Gasteiger charge is 2.22. The minimum atomic E-state index is -0.710. The Kier molecular flexibility index (Phi) is 4.98. The number of phenols is 1. The van der Waals surface area contributed by atoms with E-state index in [1.807, 2.05) is 12.1 Å². The van der Waals surface area contributed by atoms with Crippen molar-refractivity contribution >= 4 is 22.6 Å². The van der Waals surface area contributed by atoms with Gasteiger partial charge in [0.1, 0.15) is 40.0 Å². The highest BCUT2D eigenvalue weighted by Crippen LogP contribution is 2.41. The quantitative estimate of drug-likeness (QED) is 0.352. The molecule has 0 saturated carbocycles. The van der Waals surface area contributed by atoms with Crippen molar-refractivity contribution in [1.29, 1.82) is 10.7 Å². The minimum absolute atomic E-state index is 0.0237. The standard InChI is InChI=1S/C21H16N2O4/c1-26-21-15-7-8-27-19(15)10-18(25)20(21)17(24)9-16(14(11-22)12-23)13-5-3-2-4-6-13/h2-10,16,22,24-25H,1H3/b17-9-. The third-order valence-electron chi connectivity index (χ3n) is 4.20. The van der Waals surface area contributed by atoms with Crippen LogP contribution < -0.4 is 4.74 Å². The number of fused-ring (bicyclic) bond motifs is 1. The molecule has 6 heteroatoms. The number of phenolic OH excluding ortho intramolecular Hbond substituents is 1. The molecular formula is C21H16N2O4. The topological polar surface area (TPSA) is 110 Å². The van der Waals surface area contributed by atoms with Crippen LogP contribution in [-0.2, 0) is 0 Å². The van der Waals surface area contributed by atoms with Crippen molar-refractivity contribution in [1.82, 2.24) is 0 Å². The summed E-state index contributed by atoms with van der Waals surface area (Å²) in [6, 6.07) is 13.9. The smallest absolute Gasteiger partial charge is 0.144 e. The number of hydrogen-bond donors (Lipinski definition) is 3. The average Bonchev–Trinajstić information content (AvgIpc) is 3.15. The van der Waals surface area contributed by atoms with E-state index in [4.69, 9.17) is 14.6 Å². The van der Waals surface area contributed by atoms with Crippen molar-refractivity contribution in [3.8, 4) is 17.6 Å². The lowest BCUT2D eigenvalue weighted by Gasteiger charge is -2.14. The fraction of sp³-hybridized carbons (Fsp3) is 0.0952. The van der Waals surface area contributed by atoms with E-state index in [1.165, 1.54) is 25.5 Å². The number of ether oxygens (including phenoxy) is 1. The minimum Gasteiger partial charge on any atom is -0.507 e. The van der Waals surface area contributed by atoms with Crippen molar-refractivity contribution in [3.05, 3.63) is 71.5 Å². The number of aromatic hydroxyl groups is 1. The number of benzene rings is 2. The molecule has 0 amide bonds. The second-order valence-electron chi connectivity index (χ2n) is 5.73. The molecule has 1 aromatic heterocycles. The summed E-state index contributed by atoms with van der Waals surface area (Å²) in [5.41, 5.74) is 1.21. The summed E-state index contributed by atoms with van der Waals surface area (Å²) in [5, 5.41) is 38.5. The molecule has 3 rings (SSSR count). The Morgan fingerprint density at radius 2 is 2.04 bits per heavy atom. The predicted molar refractivity (Wildman–Crippen MR) is 101 cm³/mol. The molecule has 0 aliphatic carbocycles. The van der Waals surface area contributed by atoms with Crippen LogP contribution in [0.4, 0.5) is 0 Å². The zero-order chi connectivity index (χ0) is 19.4. The van der Waals surface area contributed by atoms with Gasteiger partial charge in [0.05, 0.1) is 18.8 Å². The van der Waals surface area contributed by atoms with Gasteiger partial charge in [-0.05, 0) is 23.6 Å². The van der Waals surface area contributed by atoms with E-state index in [2.05, 4.69) is 5.87 Å². The molecule has 6 nitrogen and oxygen atoms in total. The number of furan rings is 1. The van der Waals surface area contributed by atoms with Crippen LogP contribution in [0.2, 0.25) is 0 Å². The lowest BCUT2D eigenvalue weighted by molar-refractivity contribution is 0.402. The van der Waals surface area contributed by atoms with Gasteiger partial charge in [0.2, 0.25) is 0 Å². The molecule has 0 saturated heterocycles. The number of aliphatic hydroxyl groups is 1. The van der Waals surface area contributed by atoms with Crippen LogP contribution in [0.5, 0.6) is 11.5 Å². The maximum Gasteiger partial charge on any atom is 0.144 e. The Morgan fingerprint density at radius 1 is 1.30 bits per heavy atom. The molecular weight excluding hydrogens is 344 g/mol. The Bertz CT molecular complexity index is 1100. The third kappa shape index (κ3) is 3.28. The molecule has 3 N–H and O–H groups in total. The van der Waals surface area contributed by atoms with E-state index < -0.39 is 5.92 Å². The number of nitrogens with zero attached hydrogens (tertiary/aromatic N) is 1. The molecule has 0 fully saturated rings. The summed E-state index contributed by atoms with van der Waals surface area (Å²) in [4.78, 5) is 0. The number of allylic oxidation sites excluding steroid dienone is 2. The van der Waals surface area contributed by atoms with E-state index in [1.54, 1.807) is 30.3 Å². The Morgan fingerprint density at radius 3 is 2.67 bits per heavy atom. The lowest BCUT2D eigenvalue weighted by Crippen LogP contribution is -2.01. The molecule has 0 spiro atoms. The van der Waals surface area contributed by atoms with E-state index in [-0.39, 0.29) is 28.4 Å². The van der Waals surface area contributed by atoms with Gasteiger partial charge in [0.15, 0.2) is 0 Å². The first-order valence-corrected chi connectivity index (χ1v) is 8.03. The van der Waals surface area contributed by atoms with Crippen LogP contribution in [0.15, 0.2) is 64.8 Å². The summed E-state index contributed by atoms with van der Waals surface area (Å²) >= 11 is 0.